The summed E-state index contributed by atoms with van der Waals surface area (Å²) in [4.78, 5) is 14.5. The number of aryl methyl sites for hydroxylation is 2. The van der Waals surface area contributed by atoms with Crippen molar-refractivity contribution in [3.05, 3.63) is 88.0 Å². The van der Waals surface area contributed by atoms with E-state index in [-0.39, 0.29) is 11.5 Å². The fraction of sp³-hybridized carbons (Fsp3) is 0.304. The molecular weight excluding hydrogens is 369 g/mol. The Hall–Kier alpha value is -2.99. The fourth-order valence-corrected chi connectivity index (χ4v) is 3.71. The highest BCUT2D eigenvalue weighted by Gasteiger charge is 2.28. The topological polar surface area (TPSA) is 47.4 Å². The van der Waals surface area contributed by atoms with Crippen molar-refractivity contribution in [3.63, 3.8) is 0 Å². The number of hydrogen-bond donors (Lipinski definition) is 0. The first-order chi connectivity index (χ1) is 14.0. The van der Waals surface area contributed by atoms with Gasteiger partial charge in [0.05, 0.1) is 24.5 Å². The summed E-state index contributed by atoms with van der Waals surface area (Å²) in [6, 6.07) is 14.3. The van der Waals surface area contributed by atoms with Crippen LogP contribution < -0.4 is 0 Å². The lowest BCUT2D eigenvalue weighted by atomic mass is 10.0. The zero-order chi connectivity index (χ0) is 20.4. The number of carbonyl (C=O) groups is 1. The van der Waals surface area contributed by atoms with Crippen LogP contribution in [0.2, 0.25) is 0 Å². The molecule has 0 radical (unpaired) electrons. The molecule has 0 N–H and O–H groups in total. The number of benzene rings is 2. The predicted molar refractivity (Wildman–Crippen MR) is 108 cm³/mol. The van der Waals surface area contributed by atoms with E-state index in [9.17, 15) is 9.18 Å². The van der Waals surface area contributed by atoms with E-state index >= 15 is 0 Å². The van der Waals surface area contributed by atoms with E-state index in [0.717, 1.165) is 22.5 Å². The Morgan fingerprint density at radius 3 is 2.66 bits per heavy atom. The number of amides is 1. The maximum absolute atomic E-state index is 14.0. The lowest BCUT2D eigenvalue weighted by Gasteiger charge is -2.28. The number of rotatable bonds is 5. The number of ether oxygens (including phenoxy) is 1. The summed E-state index contributed by atoms with van der Waals surface area (Å²) in [5, 5.41) is 4.60. The normalized spacial score (nSPS) is 13.4. The molecular formula is C23H24FN3O2. The summed E-state index contributed by atoms with van der Waals surface area (Å²) >= 11 is 0. The molecule has 0 atom stereocenters. The van der Waals surface area contributed by atoms with Crippen molar-refractivity contribution in [3.8, 4) is 0 Å². The standard InChI is InChI=1S/C23H24FN3O2/c1-16-7-9-17(10-8-16)14-29-15-21-19-13-27(12-11-22(19)26(2)25-21)23(28)18-5-3-4-6-20(18)24/h3-10H,11-15H2,1-2H3. The summed E-state index contributed by atoms with van der Waals surface area (Å²) in [7, 11) is 1.91. The predicted octanol–water partition coefficient (Wildman–Crippen LogP) is 3.78. The molecule has 2 aromatic carbocycles. The Morgan fingerprint density at radius 1 is 1.14 bits per heavy atom. The quantitative estimate of drug-likeness (QED) is 0.663. The number of halogens is 1. The molecule has 5 nitrogen and oxygen atoms in total. The second kappa shape index (κ2) is 8.17. The molecule has 1 aromatic heterocycles. The minimum Gasteiger partial charge on any atom is -0.370 e. The third-order valence-corrected chi connectivity index (χ3v) is 5.35. The van der Waals surface area contributed by atoms with E-state index in [1.807, 2.05) is 11.7 Å². The van der Waals surface area contributed by atoms with Crippen molar-refractivity contribution in [2.75, 3.05) is 6.54 Å². The second-order valence-electron chi connectivity index (χ2n) is 7.43. The lowest BCUT2D eigenvalue weighted by Crippen LogP contribution is -2.37. The van der Waals surface area contributed by atoms with Gasteiger partial charge in [-0.05, 0) is 24.6 Å². The largest absolute Gasteiger partial charge is 0.370 e. The fourth-order valence-electron chi connectivity index (χ4n) is 3.71. The summed E-state index contributed by atoms with van der Waals surface area (Å²) in [5.41, 5.74) is 5.38. The number of fused-ring (bicyclic) bond motifs is 1. The third-order valence-electron chi connectivity index (χ3n) is 5.35. The average molecular weight is 393 g/mol. The summed E-state index contributed by atoms with van der Waals surface area (Å²) in [6.07, 6.45) is 0.691. The molecule has 150 valence electrons. The van der Waals surface area contributed by atoms with Crippen LogP contribution in [0.25, 0.3) is 0 Å². The highest BCUT2D eigenvalue weighted by Crippen LogP contribution is 2.25. The molecule has 3 aromatic rings. The second-order valence-corrected chi connectivity index (χ2v) is 7.43. The van der Waals surface area contributed by atoms with E-state index in [0.29, 0.717) is 32.7 Å². The highest BCUT2D eigenvalue weighted by atomic mass is 19.1. The van der Waals surface area contributed by atoms with Gasteiger partial charge in [-0.2, -0.15) is 5.10 Å². The monoisotopic (exact) mass is 393 g/mol. The molecule has 0 unspecified atom stereocenters. The van der Waals surface area contributed by atoms with Crippen molar-refractivity contribution in [2.24, 2.45) is 7.05 Å². The molecule has 0 saturated heterocycles. The van der Waals surface area contributed by atoms with Crippen molar-refractivity contribution in [1.29, 1.82) is 0 Å². The van der Waals surface area contributed by atoms with Crippen molar-refractivity contribution >= 4 is 5.91 Å². The first-order valence-electron chi connectivity index (χ1n) is 9.73. The summed E-state index contributed by atoms with van der Waals surface area (Å²) in [5.74, 6) is -0.778. The van der Waals surface area contributed by atoms with Crippen LogP contribution >= 0.6 is 0 Å². The Balaban J connectivity index is 1.47. The third kappa shape index (κ3) is 4.07. The molecule has 0 saturated carbocycles. The van der Waals surface area contributed by atoms with Crippen LogP contribution in [0.3, 0.4) is 0 Å². The van der Waals surface area contributed by atoms with Crippen LogP contribution in [0.15, 0.2) is 48.5 Å². The van der Waals surface area contributed by atoms with Crippen LogP contribution in [0.1, 0.15) is 38.4 Å². The van der Waals surface area contributed by atoms with Gasteiger partial charge < -0.3 is 9.64 Å². The van der Waals surface area contributed by atoms with Gasteiger partial charge in [-0.15, -0.1) is 0 Å². The van der Waals surface area contributed by atoms with Crippen LogP contribution in [0.4, 0.5) is 4.39 Å². The van der Waals surface area contributed by atoms with Gasteiger partial charge in [0.15, 0.2) is 0 Å². The minimum absolute atomic E-state index is 0.108. The van der Waals surface area contributed by atoms with Gasteiger partial charge in [0.2, 0.25) is 0 Å². The number of hydrogen-bond acceptors (Lipinski definition) is 3. The Labute approximate surface area is 169 Å². The zero-order valence-electron chi connectivity index (χ0n) is 16.7. The van der Waals surface area contributed by atoms with Crippen LogP contribution in [0, 0.1) is 12.7 Å². The van der Waals surface area contributed by atoms with Crippen LogP contribution in [-0.2, 0) is 38.0 Å². The number of carbonyl (C=O) groups excluding carboxylic acids is 1. The van der Waals surface area contributed by atoms with E-state index in [2.05, 4.69) is 36.3 Å². The van der Waals surface area contributed by atoms with Gasteiger partial charge in [-0.25, -0.2) is 4.39 Å². The molecule has 0 spiro atoms. The maximum atomic E-state index is 14.0. The SMILES string of the molecule is Cc1ccc(COCc2nn(C)c3c2CN(C(=O)c2ccccc2F)CC3)cc1. The maximum Gasteiger partial charge on any atom is 0.257 e. The first kappa shape index (κ1) is 19.3. The van der Waals surface area contributed by atoms with Gasteiger partial charge >= 0.3 is 0 Å². The van der Waals surface area contributed by atoms with Gasteiger partial charge in [0, 0.05) is 37.8 Å². The number of nitrogens with zero attached hydrogens (tertiary/aromatic N) is 3. The van der Waals surface area contributed by atoms with Crippen molar-refractivity contribution in [1.82, 2.24) is 14.7 Å². The highest BCUT2D eigenvalue weighted by molar-refractivity contribution is 5.94. The van der Waals surface area contributed by atoms with Gasteiger partial charge in [-0.1, -0.05) is 42.0 Å². The molecule has 0 aliphatic carbocycles. The van der Waals surface area contributed by atoms with E-state index in [1.54, 1.807) is 17.0 Å². The van der Waals surface area contributed by atoms with Gasteiger partial charge in [0.1, 0.15) is 5.82 Å². The smallest absolute Gasteiger partial charge is 0.257 e. The molecule has 2 heterocycles. The van der Waals surface area contributed by atoms with E-state index in [1.165, 1.54) is 17.7 Å². The Morgan fingerprint density at radius 2 is 1.90 bits per heavy atom. The number of aromatic nitrogens is 2. The molecule has 1 aliphatic rings. The molecule has 1 aliphatic heterocycles. The van der Waals surface area contributed by atoms with Crippen molar-refractivity contribution < 1.29 is 13.9 Å². The summed E-state index contributed by atoms with van der Waals surface area (Å²) < 4.78 is 21.8. The molecule has 0 bridgehead atoms. The van der Waals surface area contributed by atoms with Crippen molar-refractivity contribution in [2.45, 2.75) is 33.1 Å². The zero-order valence-corrected chi connectivity index (χ0v) is 16.7. The van der Waals surface area contributed by atoms with Gasteiger partial charge in [-0.3, -0.25) is 9.48 Å². The molecule has 6 heteroatoms. The Bertz CT molecular complexity index is 1030. The molecule has 1 amide bonds. The average Bonchev–Trinajstić information content (AvgIpc) is 3.04. The Kier molecular flexibility index (Phi) is 5.45. The molecule has 0 fully saturated rings. The lowest BCUT2D eigenvalue weighted by molar-refractivity contribution is 0.0723. The molecule has 4 rings (SSSR count). The molecule has 29 heavy (non-hydrogen) atoms. The first-order valence-corrected chi connectivity index (χ1v) is 9.73. The van der Waals surface area contributed by atoms with E-state index < -0.39 is 5.82 Å². The van der Waals surface area contributed by atoms with Crippen LogP contribution in [-0.4, -0.2) is 27.1 Å². The van der Waals surface area contributed by atoms with E-state index in [4.69, 9.17) is 4.74 Å². The summed E-state index contributed by atoms with van der Waals surface area (Å²) in [6.45, 7) is 3.89. The van der Waals surface area contributed by atoms with Gasteiger partial charge in [0.25, 0.3) is 5.91 Å². The minimum atomic E-state index is -0.490. The van der Waals surface area contributed by atoms with Crippen LogP contribution in [0.5, 0.6) is 0 Å².